The van der Waals surface area contributed by atoms with Crippen molar-refractivity contribution in [3.63, 3.8) is 0 Å². The largest absolute Gasteiger partial charge is 0.353 e. The molecule has 0 aliphatic heterocycles. The summed E-state index contributed by atoms with van der Waals surface area (Å²) in [5.74, 6) is 0. The molecule has 0 saturated heterocycles. The molecule has 18 heavy (non-hydrogen) atoms. The molecule has 2 aromatic rings. The third-order valence-corrected chi connectivity index (χ3v) is 4.97. The van der Waals surface area contributed by atoms with E-state index in [1.807, 2.05) is 37.2 Å². The average molecular weight is 345 g/mol. The zero-order chi connectivity index (χ0) is 13.1. The zero-order valence-electron chi connectivity index (χ0n) is 10.1. The van der Waals surface area contributed by atoms with E-state index in [9.17, 15) is 0 Å². The number of aromatic nitrogens is 2. The van der Waals surface area contributed by atoms with Crippen molar-refractivity contribution in [2.24, 2.45) is 5.73 Å². The van der Waals surface area contributed by atoms with Gasteiger partial charge in [-0.3, -0.25) is 0 Å². The molecular weight excluding hydrogens is 332 g/mol. The number of hydrogen-bond donors (Lipinski definition) is 1. The van der Waals surface area contributed by atoms with E-state index in [-0.39, 0.29) is 0 Å². The Morgan fingerprint density at radius 2 is 2.17 bits per heavy atom. The molecular formula is C11H13BrN4S2. The third kappa shape index (κ3) is 3.23. The Bertz CT molecular complexity index is 542. The first-order chi connectivity index (χ1) is 8.60. The van der Waals surface area contributed by atoms with E-state index in [0.717, 1.165) is 24.4 Å². The summed E-state index contributed by atoms with van der Waals surface area (Å²) >= 11 is 6.63. The molecule has 0 radical (unpaired) electrons. The van der Waals surface area contributed by atoms with Crippen LogP contribution in [0.5, 0.6) is 0 Å². The minimum Gasteiger partial charge on any atom is -0.353 e. The summed E-state index contributed by atoms with van der Waals surface area (Å²) in [6, 6.07) is 6.10. The summed E-state index contributed by atoms with van der Waals surface area (Å²) in [5.41, 5.74) is 6.86. The lowest BCUT2D eigenvalue weighted by Gasteiger charge is -2.06. The van der Waals surface area contributed by atoms with Crippen LogP contribution in [-0.4, -0.2) is 24.3 Å². The number of anilines is 1. The SMILES string of the molecule is CN(C)c1nnc(Sc2ccc(Br)cc2CN)s1. The number of nitrogens with zero attached hydrogens (tertiary/aromatic N) is 3. The summed E-state index contributed by atoms with van der Waals surface area (Å²) in [5, 5.41) is 9.19. The molecule has 2 N–H and O–H groups in total. The fourth-order valence-corrected chi connectivity index (χ4v) is 3.58. The molecule has 2 rings (SSSR count). The van der Waals surface area contributed by atoms with E-state index in [4.69, 9.17) is 5.73 Å². The van der Waals surface area contributed by atoms with Crippen LogP contribution in [-0.2, 0) is 6.54 Å². The van der Waals surface area contributed by atoms with Gasteiger partial charge in [0.15, 0.2) is 4.34 Å². The predicted molar refractivity (Wildman–Crippen MR) is 80.4 cm³/mol. The Morgan fingerprint density at radius 3 is 2.78 bits per heavy atom. The fraction of sp³-hybridized carbons (Fsp3) is 0.273. The van der Waals surface area contributed by atoms with Gasteiger partial charge in [0.1, 0.15) is 0 Å². The lowest BCUT2D eigenvalue weighted by atomic mass is 10.2. The van der Waals surface area contributed by atoms with E-state index in [2.05, 4.69) is 26.1 Å². The topological polar surface area (TPSA) is 55.0 Å². The van der Waals surface area contributed by atoms with Crippen LogP contribution in [0.1, 0.15) is 5.56 Å². The Hall–Kier alpha value is -0.630. The Labute approximate surface area is 123 Å². The van der Waals surface area contributed by atoms with Gasteiger partial charge in [0, 0.05) is 30.0 Å². The molecule has 0 amide bonds. The second-order valence-corrected chi connectivity index (χ2v) is 6.96. The molecule has 1 aromatic heterocycles. The lowest BCUT2D eigenvalue weighted by Crippen LogP contribution is -2.07. The maximum Gasteiger partial charge on any atom is 0.208 e. The van der Waals surface area contributed by atoms with Gasteiger partial charge in [-0.25, -0.2) is 0 Å². The van der Waals surface area contributed by atoms with E-state index >= 15 is 0 Å². The van der Waals surface area contributed by atoms with Gasteiger partial charge in [-0.1, -0.05) is 39.0 Å². The lowest BCUT2D eigenvalue weighted by molar-refractivity contribution is 0.970. The zero-order valence-corrected chi connectivity index (χ0v) is 13.3. The maximum absolute atomic E-state index is 5.75. The first-order valence-electron chi connectivity index (χ1n) is 5.27. The Kier molecular flexibility index (Phi) is 4.60. The highest BCUT2D eigenvalue weighted by atomic mass is 79.9. The van der Waals surface area contributed by atoms with E-state index in [1.165, 1.54) is 0 Å². The number of hydrogen-bond acceptors (Lipinski definition) is 6. The van der Waals surface area contributed by atoms with Crippen molar-refractivity contribution >= 4 is 44.2 Å². The third-order valence-electron chi connectivity index (χ3n) is 2.22. The van der Waals surface area contributed by atoms with Gasteiger partial charge in [0.2, 0.25) is 5.13 Å². The number of nitrogens with two attached hydrogens (primary N) is 1. The molecule has 1 heterocycles. The van der Waals surface area contributed by atoms with E-state index in [0.29, 0.717) is 6.54 Å². The minimum absolute atomic E-state index is 0.515. The molecule has 7 heteroatoms. The average Bonchev–Trinajstić information content (AvgIpc) is 2.80. The molecule has 96 valence electrons. The number of rotatable bonds is 4. The summed E-state index contributed by atoms with van der Waals surface area (Å²) in [4.78, 5) is 3.08. The highest BCUT2D eigenvalue weighted by Gasteiger charge is 2.10. The number of halogens is 1. The molecule has 0 fully saturated rings. The highest BCUT2D eigenvalue weighted by molar-refractivity contribution is 9.10. The smallest absolute Gasteiger partial charge is 0.208 e. The van der Waals surface area contributed by atoms with Crippen molar-refractivity contribution < 1.29 is 0 Å². The van der Waals surface area contributed by atoms with Crippen LogP contribution in [0.25, 0.3) is 0 Å². The van der Waals surface area contributed by atoms with Gasteiger partial charge in [0.05, 0.1) is 0 Å². The van der Waals surface area contributed by atoms with Crippen molar-refractivity contribution in [3.05, 3.63) is 28.2 Å². The number of benzene rings is 1. The highest BCUT2D eigenvalue weighted by Crippen LogP contribution is 2.35. The quantitative estimate of drug-likeness (QED) is 0.923. The van der Waals surface area contributed by atoms with Crippen molar-refractivity contribution in [1.29, 1.82) is 0 Å². The van der Waals surface area contributed by atoms with Crippen LogP contribution in [0.4, 0.5) is 5.13 Å². The molecule has 1 aromatic carbocycles. The van der Waals surface area contributed by atoms with Gasteiger partial charge in [-0.2, -0.15) is 0 Å². The fourth-order valence-electron chi connectivity index (χ4n) is 1.33. The summed E-state index contributed by atoms with van der Waals surface area (Å²) < 4.78 is 1.97. The first kappa shape index (κ1) is 13.8. The molecule has 0 saturated carbocycles. The van der Waals surface area contributed by atoms with Crippen molar-refractivity contribution in [3.8, 4) is 0 Å². The summed E-state index contributed by atoms with van der Waals surface area (Å²) in [6.07, 6.45) is 0. The van der Waals surface area contributed by atoms with Crippen LogP contribution in [0.15, 0.2) is 31.9 Å². The minimum atomic E-state index is 0.515. The van der Waals surface area contributed by atoms with Gasteiger partial charge < -0.3 is 10.6 Å². The predicted octanol–water partition coefficient (Wildman–Crippen LogP) is 2.98. The van der Waals surface area contributed by atoms with Crippen molar-refractivity contribution in [2.45, 2.75) is 15.8 Å². The van der Waals surface area contributed by atoms with Gasteiger partial charge >= 0.3 is 0 Å². The molecule has 4 nitrogen and oxygen atoms in total. The normalized spacial score (nSPS) is 10.7. The van der Waals surface area contributed by atoms with Gasteiger partial charge in [-0.15, -0.1) is 10.2 Å². The summed E-state index contributed by atoms with van der Waals surface area (Å²) in [7, 11) is 3.92. The molecule has 0 bridgehead atoms. The second-order valence-electron chi connectivity index (χ2n) is 3.80. The van der Waals surface area contributed by atoms with Crippen LogP contribution in [0, 0.1) is 0 Å². The molecule has 0 atom stereocenters. The molecule has 0 aliphatic carbocycles. The first-order valence-corrected chi connectivity index (χ1v) is 7.70. The maximum atomic E-state index is 5.75. The molecule has 0 spiro atoms. The molecule has 0 aliphatic rings. The summed E-state index contributed by atoms with van der Waals surface area (Å²) in [6.45, 7) is 0.515. The van der Waals surface area contributed by atoms with Gasteiger partial charge in [-0.05, 0) is 23.8 Å². The van der Waals surface area contributed by atoms with Crippen LogP contribution in [0.3, 0.4) is 0 Å². The van der Waals surface area contributed by atoms with Crippen molar-refractivity contribution in [2.75, 3.05) is 19.0 Å². The van der Waals surface area contributed by atoms with E-state index in [1.54, 1.807) is 23.1 Å². The standard InChI is InChI=1S/C11H13BrN4S2/c1-16(2)10-14-15-11(18-10)17-9-4-3-8(12)5-7(9)6-13/h3-5H,6,13H2,1-2H3. The monoisotopic (exact) mass is 344 g/mol. The van der Waals surface area contributed by atoms with Crippen LogP contribution >= 0.6 is 39.0 Å². The molecule has 0 unspecified atom stereocenters. The van der Waals surface area contributed by atoms with E-state index < -0.39 is 0 Å². The second kappa shape index (κ2) is 6.01. The van der Waals surface area contributed by atoms with Crippen molar-refractivity contribution in [1.82, 2.24) is 10.2 Å². The Balaban J connectivity index is 2.22. The van der Waals surface area contributed by atoms with Crippen LogP contribution < -0.4 is 10.6 Å². The van der Waals surface area contributed by atoms with Crippen LogP contribution in [0.2, 0.25) is 0 Å². The van der Waals surface area contributed by atoms with Gasteiger partial charge in [0.25, 0.3) is 0 Å². The Morgan fingerprint density at radius 1 is 1.39 bits per heavy atom.